The van der Waals surface area contributed by atoms with Crippen molar-refractivity contribution in [1.82, 2.24) is 0 Å². The highest BCUT2D eigenvalue weighted by atomic mass is 16.6. The number of allylic oxidation sites excluding steroid dienone is 7. The highest BCUT2D eigenvalue weighted by Crippen LogP contribution is 2.67. The monoisotopic (exact) mass is 364 g/mol. The molecule has 4 aliphatic carbocycles. The van der Waals surface area contributed by atoms with E-state index in [1.54, 1.807) is 0 Å². The van der Waals surface area contributed by atoms with Gasteiger partial charge in [-0.3, -0.25) is 9.59 Å². The van der Waals surface area contributed by atoms with Crippen molar-refractivity contribution in [3.63, 3.8) is 0 Å². The Kier molecular flexibility index (Phi) is 3.70. The Morgan fingerprint density at radius 1 is 1.15 bits per heavy atom. The first kappa shape index (κ1) is 17.2. The van der Waals surface area contributed by atoms with Gasteiger partial charge in [-0.05, 0) is 85.2 Å². The molecule has 0 radical (unpaired) electrons. The highest BCUT2D eigenvalue weighted by Gasteiger charge is 2.65. The predicted octanol–water partition coefficient (Wildman–Crippen LogP) is 4.99. The van der Waals surface area contributed by atoms with Crippen molar-refractivity contribution in [2.45, 2.75) is 70.3 Å². The molecule has 1 spiro atoms. The number of hydrogen-bond acceptors (Lipinski definition) is 3. The van der Waals surface area contributed by atoms with Crippen molar-refractivity contribution in [2.75, 3.05) is 0 Å². The van der Waals surface area contributed by atoms with E-state index >= 15 is 0 Å². The first-order chi connectivity index (χ1) is 13.0. The molecule has 0 amide bonds. The lowest BCUT2D eigenvalue weighted by atomic mass is 9.53. The molecule has 0 bridgehead atoms. The molecule has 0 aromatic heterocycles. The summed E-state index contributed by atoms with van der Waals surface area (Å²) in [7, 11) is 0. The summed E-state index contributed by atoms with van der Waals surface area (Å²) in [5.41, 5.74) is 5.32. The quantitative estimate of drug-likeness (QED) is 0.616. The van der Waals surface area contributed by atoms with E-state index in [1.165, 1.54) is 22.3 Å². The van der Waals surface area contributed by atoms with Crippen LogP contribution in [0, 0.1) is 17.3 Å². The smallest absolute Gasteiger partial charge is 0.306 e. The molecule has 0 N–H and O–H groups in total. The Labute approximate surface area is 161 Å². The SMILES string of the molecule is C=C/C=C1\C[C@@]2(C)[C@@H](CC[C@@]23CCC(=O)O3)[C@@H]2CCC3=CC(=O)CCC3=C12. The lowest BCUT2D eigenvalue weighted by Gasteiger charge is -2.52. The maximum Gasteiger partial charge on any atom is 0.306 e. The molecule has 5 aliphatic rings. The molecule has 4 atom stereocenters. The average Bonchev–Trinajstić information content (AvgIpc) is 3.15. The van der Waals surface area contributed by atoms with Gasteiger partial charge in [0.15, 0.2) is 5.78 Å². The summed E-state index contributed by atoms with van der Waals surface area (Å²) in [6, 6.07) is 0. The topological polar surface area (TPSA) is 43.4 Å². The summed E-state index contributed by atoms with van der Waals surface area (Å²) in [5, 5.41) is 0. The van der Waals surface area contributed by atoms with E-state index < -0.39 is 0 Å². The van der Waals surface area contributed by atoms with Crippen LogP contribution in [0.5, 0.6) is 0 Å². The molecule has 0 unspecified atom stereocenters. The van der Waals surface area contributed by atoms with Gasteiger partial charge >= 0.3 is 5.97 Å². The van der Waals surface area contributed by atoms with Gasteiger partial charge in [0.05, 0.1) is 0 Å². The number of fused-ring (bicyclic) bond motifs is 5. The van der Waals surface area contributed by atoms with Gasteiger partial charge in [0.1, 0.15) is 5.60 Å². The maximum atomic E-state index is 12.0. The molecule has 0 aromatic carbocycles. The van der Waals surface area contributed by atoms with E-state index in [-0.39, 0.29) is 22.8 Å². The van der Waals surface area contributed by atoms with E-state index in [4.69, 9.17) is 4.74 Å². The minimum atomic E-state index is -0.274. The molecule has 142 valence electrons. The van der Waals surface area contributed by atoms with Gasteiger partial charge in [-0.15, -0.1) is 0 Å². The Morgan fingerprint density at radius 2 is 2.00 bits per heavy atom. The zero-order valence-corrected chi connectivity index (χ0v) is 16.2. The molecule has 2 saturated carbocycles. The molecule has 27 heavy (non-hydrogen) atoms. The van der Waals surface area contributed by atoms with Crippen LogP contribution in [0.25, 0.3) is 0 Å². The van der Waals surface area contributed by atoms with Crippen LogP contribution < -0.4 is 0 Å². The second-order valence-corrected chi connectivity index (χ2v) is 9.31. The lowest BCUT2D eigenvalue weighted by Crippen LogP contribution is -2.50. The number of esters is 1. The summed E-state index contributed by atoms with van der Waals surface area (Å²) in [5.74, 6) is 1.34. The van der Waals surface area contributed by atoms with Crippen LogP contribution in [0.1, 0.15) is 64.7 Å². The van der Waals surface area contributed by atoms with Gasteiger partial charge in [0, 0.05) is 18.3 Å². The Balaban J connectivity index is 1.64. The fourth-order valence-electron chi connectivity index (χ4n) is 7.06. The van der Waals surface area contributed by atoms with Crippen LogP contribution in [0.15, 0.2) is 47.1 Å². The number of carbonyl (C=O) groups is 2. The summed E-state index contributed by atoms with van der Waals surface area (Å²) >= 11 is 0. The second kappa shape index (κ2) is 5.80. The van der Waals surface area contributed by atoms with Crippen molar-refractivity contribution in [3.05, 3.63) is 47.1 Å². The summed E-state index contributed by atoms with van der Waals surface area (Å²) in [4.78, 5) is 24.0. The Hall–Kier alpha value is -1.90. The number of hydrogen-bond donors (Lipinski definition) is 0. The van der Waals surface area contributed by atoms with Crippen LogP contribution in [0.4, 0.5) is 0 Å². The minimum absolute atomic E-state index is 0.00837. The molecule has 3 fully saturated rings. The number of ether oxygens (including phenoxy) is 1. The van der Waals surface area contributed by atoms with E-state index in [0.29, 0.717) is 24.7 Å². The van der Waals surface area contributed by atoms with Gasteiger partial charge in [-0.1, -0.05) is 25.7 Å². The van der Waals surface area contributed by atoms with Crippen molar-refractivity contribution in [3.8, 4) is 0 Å². The van der Waals surface area contributed by atoms with Gasteiger partial charge in [-0.25, -0.2) is 0 Å². The van der Waals surface area contributed by atoms with E-state index in [1.807, 2.05) is 12.2 Å². The number of carbonyl (C=O) groups excluding carboxylic acids is 2. The van der Waals surface area contributed by atoms with Gasteiger partial charge < -0.3 is 4.74 Å². The number of rotatable bonds is 1. The Bertz CT molecular complexity index is 842. The van der Waals surface area contributed by atoms with Crippen LogP contribution in [-0.4, -0.2) is 17.4 Å². The third kappa shape index (κ3) is 2.26. The fraction of sp³-hybridized carbons (Fsp3) is 0.583. The fourth-order valence-corrected chi connectivity index (χ4v) is 7.06. The maximum absolute atomic E-state index is 12.0. The molecule has 1 heterocycles. The number of ketones is 1. The van der Waals surface area contributed by atoms with Crippen molar-refractivity contribution < 1.29 is 14.3 Å². The molecule has 3 heteroatoms. The zero-order chi connectivity index (χ0) is 18.8. The highest BCUT2D eigenvalue weighted by molar-refractivity contribution is 5.93. The van der Waals surface area contributed by atoms with Gasteiger partial charge in [-0.2, -0.15) is 0 Å². The molecular formula is C24H28O3. The summed E-state index contributed by atoms with van der Waals surface area (Å²) < 4.78 is 6.05. The Morgan fingerprint density at radius 3 is 2.74 bits per heavy atom. The van der Waals surface area contributed by atoms with Crippen molar-refractivity contribution in [2.24, 2.45) is 17.3 Å². The van der Waals surface area contributed by atoms with Gasteiger partial charge in [0.2, 0.25) is 0 Å². The molecule has 1 aliphatic heterocycles. The van der Waals surface area contributed by atoms with E-state index in [0.717, 1.165) is 44.9 Å². The van der Waals surface area contributed by atoms with E-state index in [2.05, 4.69) is 19.6 Å². The molecule has 5 rings (SSSR count). The standard InChI is InChI=1S/C24H28O3/c1-3-4-16-14-23(2)20(9-11-24(23)12-10-21(26)27-24)19-7-5-15-13-17(25)6-8-18(15)22(16)19/h3-4,13,19-20H,1,5-12,14H2,2H3/b16-4+/t19-,20-,23-,24+/m0/s1. The molecule has 0 aromatic rings. The minimum Gasteiger partial charge on any atom is -0.458 e. The summed E-state index contributed by atoms with van der Waals surface area (Å²) in [6.07, 6.45) is 14.2. The van der Waals surface area contributed by atoms with Crippen LogP contribution in [0.3, 0.4) is 0 Å². The second-order valence-electron chi connectivity index (χ2n) is 9.31. The zero-order valence-electron chi connectivity index (χ0n) is 16.2. The van der Waals surface area contributed by atoms with Crippen molar-refractivity contribution >= 4 is 11.8 Å². The first-order valence-electron chi connectivity index (χ1n) is 10.5. The van der Waals surface area contributed by atoms with Crippen LogP contribution >= 0.6 is 0 Å². The molecular weight excluding hydrogens is 336 g/mol. The lowest BCUT2D eigenvalue weighted by molar-refractivity contribution is -0.160. The van der Waals surface area contributed by atoms with Gasteiger partial charge in [0.25, 0.3) is 0 Å². The van der Waals surface area contributed by atoms with Crippen LogP contribution in [0.2, 0.25) is 0 Å². The van der Waals surface area contributed by atoms with Crippen LogP contribution in [-0.2, 0) is 14.3 Å². The average molecular weight is 364 g/mol. The molecule has 3 nitrogen and oxygen atoms in total. The molecule has 1 saturated heterocycles. The normalized spacial score (nSPS) is 42.0. The first-order valence-corrected chi connectivity index (χ1v) is 10.5. The third-order valence-electron chi connectivity index (χ3n) is 8.23. The third-order valence-corrected chi connectivity index (χ3v) is 8.23. The predicted molar refractivity (Wildman–Crippen MR) is 104 cm³/mol. The van der Waals surface area contributed by atoms with Crippen molar-refractivity contribution in [1.29, 1.82) is 0 Å². The largest absolute Gasteiger partial charge is 0.458 e. The summed E-state index contributed by atoms with van der Waals surface area (Å²) in [6.45, 7) is 6.34. The van der Waals surface area contributed by atoms with E-state index in [9.17, 15) is 9.59 Å².